The van der Waals surface area contributed by atoms with Gasteiger partial charge in [-0.05, 0) is 24.3 Å². The van der Waals surface area contributed by atoms with E-state index in [0.717, 1.165) is 25.2 Å². The summed E-state index contributed by atoms with van der Waals surface area (Å²) in [6.45, 7) is 3.68. The van der Waals surface area contributed by atoms with Gasteiger partial charge in [-0.25, -0.2) is 12.8 Å². The summed E-state index contributed by atoms with van der Waals surface area (Å²) in [6, 6.07) is 5.37. The van der Waals surface area contributed by atoms with Gasteiger partial charge < -0.3 is 0 Å². The molecule has 0 amide bonds. The molecule has 0 saturated carbocycles. The molecule has 6 nitrogen and oxygen atoms in total. The number of rotatable bonds is 5. The highest BCUT2D eigenvalue weighted by molar-refractivity contribution is 7.89. The first-order valence-electron chi connectivity index (χ1n) is 7.62. The standard InChI is InChI=1S/C15H18ClFN4O2S/c16-14-12-13(2-3-15(14)17)24(22,23)21-10-7-19(8-11-21)6-9-20-5-1-4-18-20/h1-5,12H,6-11H2. The molecule has 0 unspecified atom stereocenters. The maximum absolute atomic E-state index is 13.2. The van der Waals surface area contributed by atoms with Crippen LogP contribution in [0.15, 0.2) is 41.6 Å². The number of sulfonamides is 1. The molecular weight excluding hydrogens is 355 g/mol. The van der Waals surface area contributed by atoms with E-state index in [4.69, 9.17) is 11.6 Å². The lowest BCUT2D eigenvalue weighted by atomic mass is 10.3. The van der Waals surface area contributed by atoms with Crippen LogP contribution in [0.2, 0.25) is 5.02 Å². The van der Waals surface area contributed by atoms with Crippen LogP contribution in [-0.2, 0) is 16.6 Å². The average Bonchev–Trinajstić information content (AvgIpc) is 3.09. The SMILES string of the molecule is O=S(=O)(c1ccc(F)c(Cl)c1)N1CCN(CCn2cccn2)CC1. The first-order chi connectivity index (χ1) is 11.5. The predicted molar refractivity (Wildman–Crippen MR) is 88.8 cm³/mol. The van der Waals surface area contributed by atoms with Gasteiger partial charge in [0, 0.05) is 45.1 Å². The van der Waals surface area contributed by atoms with Crippen LogP contribution >= 0.6 is 11.6 Å². The molecule has 1 aliphatic rings. The minimum Gasteiger partial charge on any atom is -0.299 e. The van der Waals surface area contributed by atoms with E-state index in [1.807, 2.05) is 16.9 Å². The van der Waals surface area contributed by atoms with Crippen molar-refractivity contribution in [3.8, 4) is 0 Å². The lowest BCUT2D eigenvalue weighted by Gasteiger charge is -2.33. The van der Waals surface area contributed by atoms with Gasteiger partial charge in [0.1, 0.15) is 5.82 Å². The van der Waals surface area contributed by atoms with Crippen LogP contribution in [0.4, 0.5) is 4.39 Å². The molecule has 130 valence electrons. The fraction of sp³-hybridized carbons (Fsp3) is 0.400. The molecule has 3 rings (SSSR count). The summed E-state index contributed by atoms with van der Waals surface area (Å²) in [6.07, 6.45) is 3.64. The highest BCUT2D eigenvalue weighted by Crippen LogP contribution is 2.23. The van der Waals surface area contributed by atoms with Crippen LogP contribution in [0.25, 0.3) is 0 Å². The Labute approximate surface area is 145 Å². The number of benzene rings is 1. The van der Waals surface area contributed by atoms with Crippen LogP contribution in [-0.4, -0.2) is 60.1 Å². The quantitative estimate of drug-likeness (QED) is 0.801. The van der Waals surface area contributed by atoms with Crippen molar-refractivity contribution >= 4 is 21.6 Å². The molecule has 1 saturated heterocycles. The van der Waals surface area contributed by atoms with Crippen LogP contribution in [0.3, 0.4) is 0 Å². The summed E-state index contributed by atoms with van der Waals surface area (Å²) in [4.78, 5) is 2.23. The van der Waals surface area contributed by atoms with Crippen molar-refractivity contribution in [3.63, 3.8) is 0 Å². The van der Waals surface area contributed by atoms with Gasteiger partial charge in [0.2, 0.25) is 10.0 Å². The third-order valence-electron chi connectivity index (χ3n) is 4.06. The van der Waals surface area contributed by atoms with Crippen molar-refractivity contribution in [2.45, 2.75) is 11.4 Å². The maximum atomic E-state index is 13.2. The molecule has 1 fully saturated rings. The van der Waals surface area contributed by atoms with Gasteiger partial charge in [0.05, 0.1) is 16.5 Å². The Balaban J connectivity index is 1.59. The number of hydrogen-bond donors (Lipinski definition) is 0. The smallest absolute Gasteiger partial charge is 0.243 e. The molecule has 0 bridgehead atoms. The second-order valence-electron chi connectivity index (χ2n) is 5.59. The van der Waals surface area contributed by atoms with Gasteiger partial charge in [-0.15, -0.1) is 0 Å². The Morgan fingerprint density at radius 1 is 1.17 bits per heavy atom. The number of aromatic nitrogens is 2. The topological polar surface area (TPSA) is 58.4 Å². The fourth-order valence-electron chi connectivity index (χ4n) is 2.66. The van der Waals surface area contributed by atoms with Crippen molar-refractivity contribution < 1.29 is 12.8 Å². The largest absolute Gasteiger partial charge is 0.299 e. The van der Waals surface area contributed by atoms with Gasteiger partial charge in [0.15, 0.2) is 0 Å². The Morgan fingerprint density at radius 3 is 2.54 bits per heavy atom. The Bertz CT molecular complexity index is 790. The Kier molecular flexibility index (Phi) is 5.19. The Hall–Kier alpha value is -1.48. The lowest BCUT2D eigenvalue weighted by molar-refractivity contribution is 0.181. The molecule has 9 heteroatoms. The molecular formula is C15H18ClFN4O2S. The van der Waals surface area contributed by atoms with Crippen molar-refractivity contribution in [1.29, 1.82) is 0 Å². The Morgan fingerprint density at radius 2 is 1.92 bits per heavy atom. The fourth-order valence-corrected chi connectivity index (χ4v) is 4.35. The molecule has 2 heterocycles. The minimum atomic E-state index is -3.64. The summed E-state index contributed by atoms with van der Waals surface area (Å²) in [5, 5.41) is 3.96. The molecule has 0 radical (unpaired) electrons. The number of hydrogen-bond acceptors (Lipinski definition) is 4. The van der Waals surface area contributed by atoms with Crippen LogP contribution in [0.5, 0.6) is 0 Å². The zero-order valence-electron chi connectivity index (χ0n) is 13.0. The second-order valence-corrected chi connectivity index (χ2v) is 7.94. The number of halogens is 2. The monoisotopic (exact) mass is 372 g/mol. The van der Waals surface area contributed by atoms with E-state index < -0.39 is 15.8 Å². The molecule has 0 N–H and O–H groups in total. The summed E-state index contributed by atoms with van der Waals surface area (Å²) in [5.74, 6) is -0.626. The van der Waals surface area contributed by atoms with E-state index in [-0.39, 0.29) is 9.92 Å². The van der Waals surface area contributed by atoms with E-state index in [0.29, 0.717) is 26.2 Å². The molecule has 1 aromatic heterocycles. The van der Waals surface area contributed by atoms with Crippen LogP contribution < -0.4 is 0 Å². The second kappa shape index (κ2) is 7.18. The summed E-state index contributed by atoms with van der Waals surface area (Å²) in [5.41, 5.74) is 0. The summed E-state index contributed by atoms with van der Waals surface area (Å²) < 4.78 is 41.7. The first kappa shape index (κ1) is 17.3. The third kappa shape index (κ3) is 3.77. The molecule has 0 aliphatic carbocycles. The molecule has 1 aliphatic heterocycles. The minimum absolute atomic E-state index is 0.0268. The zero-order valence-corrected chi connectivity index (χ0v) is 14.5. The van der Waals surface area contributed by atoms with Crippen molar-refractivity contribution in [2.75, 3.05) is 32.7 Å². The highest BCUT2D eigenvalue weighted by Gasteiger charge is 2.28. The summed E-state index contributed by atoms with van der Waals surface area (Å²) in [7, 11) is -3.64. The van der Waals surface area contributed by atoms with Gasteiger partial charge >= 0.3 is 0 Å². The van der Waals surface area contributed by atoms with E-state index in [9.17, 15) is 12.8 Å². The van der Waals surface area contributed by atoms with E-state index in [2.05, 4.69) is 10.00 Å². The zero-order chi connectivity index (χ0) is 17.2. The number of piperazine rings is 1. The molecule has 0 spiro atoms. The predicted octanol–water partition coefficient (Wildman–Crippen LogP) is 1.68. The number of nitrogens with zero attached hydrogens (tertiary/aromatic N) is 4. The maximum Gasteiger partial charge on any atom is 0.243 e. The van der Waals surface area contributed by atoms with Crippen molar-refractivity contribution in [2.24, 2.45) is 0 Å². The molecule has 1 aromatic carbocycles. The van der Waals surface area contributed by atoms with Gasteiger partial charge in [-0.2, -0.15) is 9.40 Å². The van der Waals surface area contributed by atoms with Crippen molar-refractivity contribution in [3.05, 3.63) is 47.5 Å². The van der Waals surface area contributed by atoms with Gasteiger partial charge in [-0.3, -0.25) is 9.58 Å². The van der Waals surface area contributed by atoms with E-state index in [1.165, 1.54) is 10.4 Å². The van der Waals surface area contributed by atoms with E-state index in [1.54, 1.807) is 6.20 Å². The molecule has 2 aromatic rings. The van der Waals surface area contributed by atoms with Gasteiger partial charge in [-0.1, -0.05) is 11.6 Å². The van der Waals surface area contributed by atoms with E-state index >= 15 is 0 Å². The third-order valence-corrected chi connectivity index (χ3v) is 6.25. The van der Waals surface area contributed by atoms with Crippen LogP contribution in [0, 0.1) is 5.82 Å². The normalized spacial score (nSPS) is 17.2. The highest BCUT2D eigenvalue weighted by atomic mass is 35.5. The first-order valence-corrected chi connectivity index (χ1v) is 9.43. The van der Waals surface area contributed by atoms with Crippen molar-refractivity contribution in [1.82, 2.24) is 19.0 Å². The molecule has 0 atom stereocenters. The average molecular weight is 373 g/mol. The van der Waals surface area contributed by atoms with Gasteiger partial charge in [0.25, 0.3) is 0 Å². The van der Waals surface area contributed by atoms with Crippen LogP contribution in [0.1, 0.15) is 0 Å². The lowest BCUT2D eigenvalue weighted by Crippen LogP contribution is -2.49. The summed E-state index contributed by atoms with van der Waals surface area (Å²) >= 11 is 5.70. The molecule has 24 heavy (non-hydrogen) atoms.